The SMILES string of the molecule is COc1ccc2c(C)c(CC(=O)NC(Cc3c[nH]c4ccccc34)C(=O)NCCC(=O)O)c(=O)oc2c1C. The first-order chi connectivity index (χ1) is 18.2. The number of rotatable bonds is 10. The van der Waals surface area contributed by atoms with E-state index in [1.54, 1.807) is 32.2 Å². The molecule has 0 aliphatic heterocycles. The molecule has 1 unspecified atom stereocenters. The Labute approximate surface area is 218 Å². The zero-order valence-electron chi connectivity index (χ0n) is 21.3. The highest BCUT2D eigenvalue weighted by Crippen LogP contribution is 2.29. The second-order valence-electron chi connectivity index (χ2n) is 9.06. The number of H-pyrrole nitrogens is 1. The summed E-state index contributed by atoms with van der Waals surface area (Å²) in [5.74, 6) is -1.52. The van der Waals surface area contributed by atoms with Crippen LogP contribution in [0.25, 0.3) is 21.9 Å². The average molecular weight is 520 g/mol. The Hall–Kier alpha value is -4.60. The first-order valence-electron chi connectivity index (χ1n) is 12.1. The molecule has 1 atom stereocenters. The van der Waals surface area contributed by atoms with E-state index in [1.165, 1.54) is 7.11 Å². The summed E-state index contributed by atoms with van der Waals surface area (Å²) in [7, 11) is 1.53. The number of aromatic amines is 1. The van der Waals surface area contributed by atoms with E-state index in [0.717, 1.165) is 16.5 Å². The molecule has 10 nitrogen and oxygen atoms in total. The van der Waals surface area contributed by atoms with Crippen LogP contribution in [0.1, 0.15) is 28.7 Å². The molecule has 198 valence electrons. The van der Waals surface area contributed by atoms with Gasteiger partial charge >= 0.3 is 11.6 Å². The van der Waals surface area contributed by atoms with Gasteiger partial charge in [0.15, 0.2) is 0 Å². The largest absolute Gasteiger partial charge is 0.496 e. The van der Waals surface area contributed by atoms with Gasteiger partial charge in [-0.3, -0.25) is 14.4 Å². The van der Waals surface area contributed by atoms with E-state index >= 15 is 0 Å². The zero-order chi connectivity index (χ0) is 27.4. The summed E-state index contributed by atoms with van der Waals surface area (Å²) in [4.78, 5) is 52.9. The number of carboxylic acids is 1. The number of carboxylic acid groups (broad SMARTS) is 1. The van der Waals surface area contributed by atoms with E-state index in [2.05, 4.69) is 15.6 Å². The fourth-order valence-corrected chi connectivity index (χ4v) is 4.55. The van der Waals surface area contributed by atoms with Gasteiger partial charge in [-0.15, -0.1) is 0 Å². The maximum absolute atomic E-state index is 13.1. The van der Waals surface area contributed by atoms with Crippen molar-refractivity contribution in [2.45, 2.75) is 39.2 Å². The topological polar surface area (TPSA) is 151 Å². The van der Waals surface area contributed by atoms with Crippen LogP contribution in [0.15, 0.2) is 51.8 Å². The van der Waals surface area contributed by atoms with Crippen molar-refractivity contribution in [3.8, 4) is 5.75 Å². The monoisotopic (exact) mass is 519 g/mol. The standard InChI is InChI=1S/C28H29N3O7/c1-15-18-8-9-23(37-3)16(2)26(18)38-28(36)20(15)13-24(32)31-22(27(35)29-11-10-25(33)34)12-17-14-30-21-7-5-4-6-19(17)21/h4-9,14,22,30H,10-13H2,1-3H3,(H,29,35)(H,31,32)(H,33,34). The first kappa shape index (κ1) is 26.5. The summed E-state index contributed by atoms with van der Waals surface area (Å²) < 4.78 is 10.9. The maximum Gasteiger partial charge on any atom is 0.340 e. The van der Waals surface area contributed by atoms with Crippen LogP contribution in [0.4, 0.5) is 0 Å². The quantitative estimate of drug-likeness (QED) is 0.235. The normalized spacial score (nSPS) is 11.9. The van der Waals surface area contributed by atoms with Gasteiger partial charge in [-0.1, -0.05) is 18.2 Å². The van der Waals surface area contributed by atoms with Gasteiger partial charge in [0.25, 0.3) is 0 Å². The Bertz CT molecular complexity index is 1580. The van der Waals surface area contributed by atoms with Crippen LogP contribution >= 0.6 is 0 Å². The van der Waals surface area contributed by atoms with Crippen molar-refractivity contribution >= 4 is 39.7 Å². The van der Waals surface area contributed by atoms with Crippen LogP contribution < -0.4 is 21.0 Å². The number of methoxy groups -OCH3 is 1. The number of fused-ring (bicyclic) bond motifs is 2. The van der Waals surface area contributed by atoms with Crippen LogP contribution in [-0.4, -0.2) is 47.6 Å². The van der Waals surface area contributed by atoms with Gasteiger partial charge in [-0.05, 0) is 43.2 Å². The fourth-order valence-electron chi connectivity index (χ4n) is 4.55. The predicted molar refractivity (Wildman–Crippen MR) is 141 cm³/mol. The van der Waals surface area contributed by atoms with Crippen molar-refractivity contribution < 1.29 is 28.6 Å². The number of aryl methyl sites for hydroxylation is 2. The molecule has 2 heterocycles. The molecule has 2 aromatic heterocycles. The number of nitrogens with one attached hydrogen (secondary N) is 3. The lowest BCUT2D eigenvalue weighted by Crippen LogP contribution is -2.49. The molecule has 0 bridgehead atoms. The van der Waals surface area contributed by atoms with E-state index < -0.39 is 29.5 Å². The molecule has 2 amide bonds. The van der Waals surface area contributed by atoms with Crippen molar-refractivity contribution in [1.82, 2.24) is 15.6 Å². The van der Waals surface area contributed by atoms with Crippen LogP contribution in [0.5, 0.6) is 5.75 Å². The Balaban J connectivity index is 1.58. The number of aliphatic carboxylic acids is 1. The summed E-state index contributed by atoms with van der Waals surface area (Å²) in [5.41, 5.74) is 2.93. The minimum atomic E-state index is -1.05. The number of carbonyl (C=O) groups excluding carboxylic acids is 2. The summed E-state index contributed by atoms with van der Waals surface area (Å²) in [6.45, 7) is 3.45. The number of ether oxygens (including phenoxy) is 1. The average Bonchev–Trinajstić information content (AvgIpc) is 3.29. The van der Waals surface area contributed by atoms with Crippen LogP contribution in [0.3, 0.4) is 0 Å². The molecule has 4 aromatic rings. The van der Waals surface area contributed by atoms with Gasteiger partial charge in [-0.2, -0.15) is 0 Å². The zero-order valence-corrected chi connectivity index (χ0v) is 21.3. The lowest BCUT2D eigenvalue weighted by Gasteiger charge is -2.19. The van der Waals surface area contributed by atoms with E-state index in [1.807, 2.05) is 24.3 Å². The van der Waals surface area contributed by atoms with E-state index in [4.69, 9.17) is 14.3 Å². The molecule has 4 rings (SSSR count). The molecule has 0 saturated carbocycles. The Morgan fingerprint density at radius 3 is 2.58 bits per heavy atom. The lowest BCUT2D eigenvalue weighted by molar-refractivity contribution is -0.137. The van der Waals surface area contributed by atoms with Crippen LogP contribution in [0, 0.1) is 13.8 Å². The molecular weight excluding hydrogens is 490 g/mol. The minimum absolute atomic E-state index is 0.0788. The first-order valence-corrected chi connectivity index (χ1v) is 12.1. The fraction of sp³-hybridized carbons (Fsp3) is 0.286. The molecule has 0 radical (unpaired) electrons. The molecule has 4 N–H and O–H groups in total. The Morgan fingerprint density at radius 2 is 1.84 bits per heavy atom. The molecule has 0 aliphatic carbocycles. The number of amides is 2. The van der Waals surface area contributed by atoms with Crippen molar-refractivity contribution in [3.05, 3.63) is 75.3 Å². The molecule has 0 fully saturated rings. The van der Waals surface area contributed by atoms with Gasteiger partial charge in [0.1, 0.15) is 17.4 Å². The van der Waals surface area contributed by atoms with Crippen molar-refractivity contribution in [3.63, 3.8) is 0 Å². The van der Waals surface area contributed by atoms with Crippen LogP contribution in [-0.2, 0) is 27.2 Å². The highest BCUT2D eigenvalue weighted by molar-refractivity contribution is 5.91. The number of aromatic nitrogens is 1. The molecular formula is C28H29N3O7. The van der Waals surface area contributed by atoms with Crippen LogP contribution in [0.2, 0.25) is 0 Å². The van der Waals surface area contributed by atoms with E-state index in [0.29, 0.717) is 27.8 Å². The second-order valence-corrected chi connectivity index (χ2v) is 9.06. The van der Waals surface area contributed by atoms with Crippen molar-refractivity contribution in [1.29, 1.82) is 0 Å². The highest BCUT2D eigenvalue weighted by Gasteiger charge is 2.24. The lowest BCUT2D eigenvalue weighted by atomic mass is 10.0. The molecule has 10 heteroatoms. The molecule has 0 aliphatic rings. The summed E-state index contributed by atoms with van der Waals surface area (Å²) in [6.07, 6.45) is 1.40. The Kier molecular flexibility index (Phi) is 7.80. The molecule has 38 heavy (non-hydrogen) atoms. The number of benzene rings is 2. The predicted octanol–water partition coefficient (Wildman–Crippen LogP) is 2.76. The molecule has 0 spiro atoms. The van der Waals surface area contributed by atoms with Gasteiger partial charge in [0, 0.05) is 41.0 Å². The van der Waals surface area contributed by atoms with Gasteiger partial charge in [0.2, 0.25) is 11.8 Å². The summed E-state index contributed by atoms with van der Waals surface area (Å²) in [5, 5.41) is 15.8. The van der Waals surface area contributed by atoms with Crippen molar-refractivity contribution in [2.75, 3.05) is 13.7 Å². The van der Waals surface area contributed by atoms with Gasteiger partial charge < -0.3 is 29.9 Å². The molecule has 0 saturated heterocycles. The van der Waals surface area contributed by atoms with E-state index in [-0.39, 0.29) is 31.4 Å². The third-order valence-corrected chi connectivity index (χ3v) is 6.60. The maximum atomic E-state index is 13.1. The number of hydrogen-bond acceptors (Lipinski definition) is 6. The highest BCUT2D eigenvalue weighted by atomic mass is 16.5. The Morgan fingerprint density at radius 1 is 1.08 bits per heavy atom. The number of hydrogen-bond donors (Lipinski definition) is 4. The third kappa shape index (κ3) is 5.54. The van der Waals surface area contributed by atoms with Crippen molar-refractivity contribution in [2.24, 2.45) is 0 Å². The van der Waals surface area contributed by atoms with Gasteiger partial charge in [-0.25, -0.2) is 4.79 Å². The number of carbonyl (C=O) groups is 3. The molecule has 2 aromatic carbocycles. The minimum Gasteiger partial charge on any atom is -0.496 e. The second kappa shape index (κ2) is 11.2. The van der Waals surface area contributed by atoms with E-state index in [9.17, 15) is 19.2 Å². The third-order valence-electron chi connectivity index (χ3n) is 6.60. The number of para-hydroxylation sites is 1. The smallest absolute Gasteiger partial charge is 0.340 e. The summed E-state index contributed by atoms with van der Waals surface area (Å²) >= 11 is 0. The summed E-state index contributed by atoms with van der Waals surface area (Å²) in [6, 6.07) is 10.1. The van der Waals surface area contributed by atoms with Gasteiger partial charge in [0.05, 0.1) is 25.5 Å².